The SMILES string of the molecule is CCOC(=O)c1sc2cccnc2c1-n1cc(-c2ccccn2)nn1. The normalized spacial score (nSPS) is 10.9. The van der Waals surface area contributed by atoms with Crippen LogP contribution in [0.2, 0.25) is 0 Å². The van der Waals surface area contributed by atoms with Crippen molar-refractivity contribution in [3.8, 4) is 17.1 Å². The molecule has 0 spiro atoms. The lowest BCUT2D eigenvalue weighted by Gasteiger charge is -2.03. The monoisotopic (exact) mass is 351 g/mol. The second kappa shape index (κ2) is 6.40. The Balaban J connectivity index is 1.87. The molecule has 0 aliphatic heterocycles. The predicted octanol–water partition coefficient (Wildman–Crippen LogP) is 3.12. The third-order valence-electron chi connectivity index (χ3n) is 3.53. The number of ether oxygens (including phenoxy) is 1. The van der Waals surface area contributed by atoms with Crippen molar-refractivity contribution in [1.82, 2.24) is 25.0 Å². The van der Waals surface area contributed by atoms with Gasteiger partial charge in [0.15, 0.2) is 0 Å². The molecule has 0 radical (unpaired) electrons. The van der Waals surface area contributed by atoms with E-state index in [1.807, 2.05) is 30.3 Å². The van der Waals surface area contributed by atoms with Crippen molar-refractivity contribution in [2.24, 2.45) is 0 Å². The summed E-state index contributed by atoms with van der Waals surface area (Å²) in [5.74, 6) is -0.393. The first kappa shape index (κ1) is 15.4. The number of esters is 1. The van der Waals surface area contributed by atoms with Crippen LogP contribution in [0.5, 0.6) is 0 Å². The molecule has 0 aliphatic carbocycles. The highest BCUT2D eigenvalue weighted by Gasteiger charge is 2.23. The van der Waals surface area contributed by atoms with Gasteiger partial charge in [0.2, 0.25) is 0 Å². The Morgan fingerprint density at radius 2 is 2.04 bits per heavy atom. The van der Waals surface area contributed by atoms with Gasteiger partial charge < -0.3 is 4.74 Å². The highest BCUT2D eigenvalue weighted by atomic mass is 32.1. The summed E-state index contributed by atoms with van der Waals surface area (Å²) in [5, 5.41) is 8.34. The highest BCUT2D eigenvalue weighted by molar-refractivity contribution is 7.21. The van der Waals surface area contributed by atoms with Crippen molar-refractivity contribution in [1.29, 1.82) is 0 Å². The van der Waals surface area contributed by atoms with Crippen molar-refractivity contribution in [3.05, 3.63) is 53.8 Å². The number of nitrogens with zero attached hydrogens (tertiary/aromatic N) is 5. The van der Waals surface area contributed by atoms with Gasteiger partial charge in [0.25, 0.3) is 0 Å². The van der Waals surface area contributed by atoms with Crippen molar-refractivity contribution in [3.63, 3.8) is 0 Å². The zero-order valence-electron chi connectivity index (χ0n) is 13.3. The molecule has 0 atom stereocenters. The molecule has 0 fully saturated rings. The number of carbonyl (C=O) groups excluding carboxylic acids is 1. The third-order valence-corrected chi connectivity index (χ3v) is 4.65. The Morgan fingerprint density at radius 1 is 1.16 bits per heavy atom. The highest BCUT2D eigenvalue weighted by Crippen LogP contribution is 2.33. The van der Waals surface area contributed by atoms with Crippen LogP contribution in [0.1, 0.15) is 16.6 Å². The summed E-state index contributed by atoms with van der Waals surface area (Å²) in [6.45, 7) is 2.08. The smallest absolute Gasteiger partial charge is 0.350 e. The molecule has 8 heteroatoms. The zero-order chi connectivity index (χ0) is 17.2. The van der Waals surface area contributed by atoms with E-state index in [0.717, 1.165) is 4.70 Å². The van der Waals surface area contributed by atoms with Crippen molar-refractivity contribution >= 4 is 27.5 Å². The fraction of sp³-hybridized carbons (Fsp3) is 0.118. The minimum atomic E-state index is -0.393. The van der Waals surface area contributed by atoms with Gasteiger partial charge in [0, 0.05) is 12.4 Å². The molecule has 0 saturated heterocycles. The van der Waals surface area contributed by atoms with Crippen LogP contribution in [-0.2, 0) is 4.74 Å². The first-order chi connectivity index (χ1) is 12.3. The quantitative estimate of drug-likeness (QED) is 0.525. The van der Waals surface area contributed by atoms with Crippen molar-refractivity contribution in [2.45, 2.75) is 6.92 Å². The molecule has 0 aliphatic rings. The van der Waals surface area contributed by atoms with Crippen LogP contribution in [0, 0.1) is 0 Å². The molecular formula is C17H13N5O2S. The molecule has 4 aromatic rings. The van der Waals surface area contributed by atoms with Gasteiger partial charge in [0.05, 0.1) is 23.2 Å². The van der Waals surface area contributed by atoms with Crippen LogP contribution in [0.4, 0.5) is 0 Å². The minimum Gasteiger partial charge on any atom is -0.462 e. The summed E-state index contributed by atoms with van der Waals surface area (Å²) in [6.07, 6.45) is 5.12. The molecule has 4 rings (SSSR count). The van der Waals surface area contributed by atoms with E-state index in [4.69, 9.17) is 4.74 Å². The number of hydrogen-bond acceptors (Lipinski definition) is 7. The molecule has 25 heavy (non-hydrogen) atoms. The van der Waals surface area contributed by atoms with Crippen LogP contribution >= 0.6 is 11.3 Å². The molecule has 0 saturated carbocycles. The Bertz CT molecular complexity index is 1040. The van der Waals surface area contributed by atoms with Gasteiger partial charge in [-0.2, -0.15) is 0 Å². The summed E-state index contributed by atoms with van der Waals surface area (Å²) in [4.78, 5) is 21.5. The van der Waals surface area contributed by atoms with Crippen LogP contribution in [0.25, 0.3) is 27.3 Å². The molecule has 0 bridgehead atoms. The number of fused-ring (bicyclic) bond motifs is 1. The molecule has 0 aromatic carbocycles. The van der Waals surface area contributed by atoms with Gasteiger partial charge in [-0.05, 0) is 31.2 Å². The first-order valence-electron chi connectivity index (χ1n) is 7.66. The molecular weight excluding hydrogens is 338 g/mol. The zero-order valence-corrected chi connectivity index (χ0v) is 14.1. The fourth-order valence-corrected chi connectivity index (χ4v) is 3.51. The average molecular weight is 351 g/mol. The second-order valence-electron chi connectivity index (χ2n) is 5.11. The van der Waals surface area contributed by atoms with Gasteiger partial charge in [-0.1, -0.05) is 11.3 Å². The van der Waals surface area contributed by atoms with Crippen LogP contribution < -0.4 is 0 Å². The maximum Gasteiger partial charge on any atom is 0.350 e. The third kappa shape index (κ3) is 2.76. The van der Waals surface area contributed by atoms with E-state index < -0.39 is 5.97 Å². The molecule has 4 aromatic heterocycles. The molecule has 0 unspecified atom stereocenters. The Labute approximate surface area is 146 Å². The summed E-state index contributed by atoms with van der Waals surface area (Å²) in [5.41, 5.74) is 2.59. The number of hydrogen-bond donors (Lipinski definition) is 0. The summed E-state index contributed by atoms with van der Waals surface area (Å²) >= 11 is 1.33. The van der Waals surface area contributed by atoms with Crippen LogP contribution in [0.3, 0.4) is 0 Å². The lowest BCUT2D eigenvalue weighted by molar-refractivity contribution is 0.0532. The standard InChI is InChI=1S/C17H13N5O2S/c1-2-24-17(23)16-15(14-13(25-16)7-5-9-19-14)22-10-12(20-21-22)11-6-3-4-8-18-11/h3-10H,2H2,1H3. The van der Waals surface area contributed by atoms with E-state index in [0.29, 0.717) is 34.1 Å². The van der Waals surface area contributed by atoms with Gasteiger partial charge in [-0.25, -0.2) is 9.48 Å². The van der Waals surface area contributed by atoms with Gasteiger partial charge in [-0.15, -0.1) is 16.4 Å². The maximum atomic E-state index is 12.4. The Kier molecular flexibility index (Phi) is 3.95. The molecule has 0 amide bonds. The predicted molar refractivity (Wildman–Crippen MR) is 93.7 cm³/mol. The number of pyridine rings is 2. The summed E-state index contributed by atoms with van der Waals surface area (Å²) < 4.78 is 7.62. The second-order valence-corrected chi connectivity index (χ2v) is 6.17. The minimum absolute atomic E-state index is 0.302. The van der Waals surface area contributed by atoms with Gasteiger partial charge >= 0.3 is 5.97 Å². The molecule has 0 N–H and O–H groups in total. The van der Waals surface area contributed by atoms with Crippen molar-refractivity contribution in [2.75, 3.05) is 6.61 Å². The van der Waals surface area contributed by atoms with E-state index in [2.05, 4.69) is 20.3 Å². The van der Waals surface area contributed by atoms with E-state index >= 15 is 0 Å². The largest absolute Gasteiger partial charge is 0.462 e. The average Bonchev–Trinajstić information content (AvgIpc) is 3.27. The fourth-order valence-electron chi connectivity index (χ4n) is 2.47. The molecule has 7 nitrogen and oxygen atoms in total. The Hall–Kier alpha value is -3.13. The number of carbonyl (C=O) groups is 1. The van der Waals surface area contributed by atoms with Crippen molar-refractivity contribution < 1.29 is 9.53 Å². The van der Waals surface area contributed by atoms with Gasteiger partial charge in [-0.3, -0.25) is 9.97 Å². The van der Waals surface area contributed by atoms with Crippen LogP contribution in [0.15, 0.2) is 48.9 Å². The maximum absolute atomic E-state index is 12.4. The molecule has 4 heterocycles. The Morgan fingerprint density at radius 3 is 2.84 bits per heavy atom. The first-order valence-corrected chi connectivity index (χ1v) is 8.48. The molecule has 124 valence electrons. The summed E-state index contributed by atoms with van der Waals surface area (Å²) in [6, 6.07) is 9.31. The number of thiophene rings is 1. The van der Waals surface area contributed by atoms with E-state index in [1.165, 1.54) is 11.3 Å². The number of rotatable bonds is 4. The van der Waals surface area contributed by atoms with E-state index in [-0.39, 0.29) is 0 Å². The van der Waals surface area contributed by atoms with Crippen LogP contribution in [-0.4, -0.2) is 37.5 Å². The van der Waals surface area contributed by atoms with E-state index in [1.54, 1.807) is 30.2 Å². The number of aromatic nitrogens is 5. The summed E-state index contributed by atoms with van der Waals surface area (Å²) in [7, 11) is 0. The lowest BCUT2D eigenvalue weighted by Crippen LogP contribution is -2.07. The topological polar surface area (TPSA) is 82.8 Å². The van der Waals surface area contributed by atoms with E-state index in [9.17, 15) is 4.79 Å². The van der Waals surface area contributed by atoms with Gasteiger partial charge in [0.1, 0.15) is 21.8 Å². The lowest BCUT2D eigenvalue weighted by atomic mass is 10.3.